The first-order valence-corrected chi connectivity index (χ1v) is 9.97. The second-order valence-electron chi connectivity index (χ2n) is 7.49. The van der Waals surface area contributed by atoms with Crippen molar-refractivity contribution in [2.45, 2.75) is 25.3 Å². The predicted molar refractivity (Wildman–Crippen MR) is 110 cm³/mol. The average Bonchev–Trinajstić information content (AvgIpc) is 3.41. The highest BCUT2D eigenvalue weighted by Gasteiger charge is 2.24. The fourth-order valence-corrected chi connectivity index (χ4v) is 4.06. The molecule has 3 heterocycles. The number of carbonyl (C=O) groups is 1. The molecule has 5 rings (SSSR count). The number of hydrogen-bond acceptors (Lipinski definition) is 4. The Hall–Kier alpha value is -3.48. The molecule has 0 aliphatic carbocycles. The number of nitrogens with zero attached hydrogens (tertiary/aromatic N) is 5. The topological polar surface area (TPSA) is 79.7 Å². The van der Waals surface area contributed by atoms with Crippen molar-refractivity contribution < 1.29 is 4.79 Å². The molecular weight excluding hydrogens is 364 g/mol. The van der Waals surface area contributed by atoms with Crippen LogP contribution in [0, 0.1) is 0 Å². The number of hydrogen-bond donors (Lipinski definition) is 1. The van der Waals surface area contributed by atoms with Crippen molar-refractivity contribution in [1.29, 1.82) is 0 Å². The summed E-state index contributed by atoms with van der Waals surface area (Å²) in [5, 5.41) is 17.7. The molecule has 7 heteroatoms. The van der Waals surface area contributed by atoms with E-state index in [1.165, 1.54) is 5.39 Å². The summed E-state index contributed by atoms with van der Waals surface area (Å²) in [7, 11) is 0. The lowest BCUT2D eigenvalue weighted by Crippen LogP contribution is -2.32. The van der Waals surface area contributed by atoms with Crippen LogP contribution >= 0.6 is 0 Å². The van der Waals surface area contributed by atoms with E-state index >= 15 is 0 Å². The molecule has 0 spiro atoms. The summed E-state index contributed by atoms with van der Waals surface area (Å²) >= 11 is 0. The van der Waals surface area contributed by atoms with E-state index in [-0.39, 0.29) is 5.91 Å². The van der Waals surface area contributed by atoms with Crippen LogP contribution in [0.15, 0.2) is 60.9 Å². The molecule has 0 saturated carbocycles. The molecule has 2 aromatic carbocycles. The van der Waals surface area contributed by atoms with E-state index in [9.17, 15) is 4.79 Å². The molecule has 1 aliphatic heterocycles. The van der Waals surface area contributed by atoms with Crippen molar-refractivity contribution in [3.63, 3.8) is 0 Å². The maximum Gasteiger partial charge on any atom is 0.271 e. The van der Waals surface area contributed by atoms with E-state index < -0.39 is 0 Å². The third-order valence-corrected chi connectivity index (χ3v) is 5.65. The third-order valence-electron chi connectivity index (χ3n) is 5.65. The fraction of sp³-hybridized carbons (Fsp3) is 0.273. The zero-order valence-electron chi connectivity index (χ0n) is 16.0. The van der Waals surface area contributed by atoms with E-state index in [0.29, 0.717) is 18.3 Å². The van der Waals surface area contributed by atoms with Crippen molar-refractivity contribution >= 4 is 16.7 Å². The zero-order chi connectivity index (χ0) is 19.6. The lowest BCUT2D eigenvalue weighted by atomic mass is 10.1. The number of H-pyrrole nitrogens is 1. The Morgan fingerprint density at radius 3 is 2.79 bits per heavy atom. The first-order chi connectivity index (χ1) is 14.3. The first kappa shape index (κ1) is 17.6. The van der Waals surface area contributed by atoms with E-state index in [0.717, 1.165) is 42.5 Å². The van der Waals surface area contributed by atoms with E-state index in [4.69, 9.17) is 0 Å². The summed E-state index contributed by atoms with van der Waals surface area (Å²) in [6, 6.07) is 16.6. The summed E-state index contributed by atoms with van der Waals surface area (Å²) < 4.78 is 1.90. The van der Waals surface area contributed by atoms with E-state index in [2.05, 4.69) is 44.8 Å². The van der Waals surface area contributed by atoms with Gasteiger partial charge in [0.2, 0.25) is 0 Å². The average molecular weight is 386 g/mol. The fourth-order valence-electron chi connectivity index (χ4n) is 4.06. The van der Waals surface area contributed by atoms with Gasteiger partial charge in [-0.05, 0) is 42.2 Å². The molecule has 146 valence electrons. The largest absolute Gasteiger partial charge is 0.337 e. The number of amides is 1. The molecule has 7 nitrogen and oxygen atoms in total. The van der Waals surface area contributed by atoms with Crippen LogP contribution < -0.4 is 0 Å². The molecule has 0 radical (unpaired) electrons. The molecule has 0 bridgehead atoms. The Morgan fingerprint density at radius 1 is 1.03 bits per heavy atom. The minimum absolute atomic E-state index is 0.00350. The van der Waals surface area contributed by atoms with Crippen molar-refractivity contribution in [3.05, 3.63) is 66.6 Å². The van der Waals surface area contributed by atoms with Crippen LogP contribution in [0.2, 0.25) is 0 Å². The van der Waals surface area contributed by atoms with Crippen molar-refractivity contribution in [2.24, 2.45) is 0 Å². The molecule has 2 aromatic heterocycles. The summed E-state index contributed by atoms with van der Waals surface area (Å²) in [6.45, 7) is 1.45. The molecule has 1 saturated heterocycles. The van der Waals surface area contributed by atoms with Crippen molar-refractivity contribution in [3.8, 4) is 11.3 Å². The van der Waals surface area contributed by atoms with Gasteiger partial charge in [0.15, 0.2) is 0 Å². The highest BCUT2D eigenvalue weighted by atomic mass is 16.2. The highest BCUT2D eigenvalue weighted by molar-refractivity contribution is 5.94. The highest BCUT2D eigenvalue weighted by Crippen LogP contribution is 2.25. The van der Waals surface area contributed by atoms with Gasteiger partial charge in [-0.1, -0.05) is 41.6 Å². The van der Waals surface area contributed by atoms with E-state index in [1.54, 1.807) is 6.20 Å². The van der Waals surface area contributed by atoms with Gasteiger partial charge in [0.1, 0.15) is 5.69 Å². The molecule has 29 heavy (non-hydrogen) atoms. The molecule has 1 N–H and O–H groups in total. The zero-order valence-corrected chi connectivity index (χ0v) is 16.0. The van der Waals surface area contributed by atoms with Gasteiger partial charge in [-0.15, -0.1) is 5.10 Å². The van der Waals surface area contributed by atoms with Crippen LogP contribution in [-0.4, -0.2) is 49.1 Å². The maximum absolute atomic E-state index is 13.0. The maximum atomic E-state index is 13.0. The molecule has 1 amide bonds. The molecule has 1 aliphatic rings. The lowest BCUT2D eigenvalue weighted by molar-refractivity contribution is 0.0754. The molecule has 1 unspecified atom stereocenters. The minimum Gasteiger partial charge on any atom is -0.337 e. The normalized spacial score (nSPS) is 17.4. The number of likely N-dealkylation sites (tertiary alicyclic amines) is 1. The minimum atomic E-state index is 0.00350. The number of rotatable bonds is 3. The van der Waals surface area contributed by atoms with E-state index in [1.807, 2.05) is 40.0 Å². The standard InChI is InChI=1S/C22H22N6O/c29-22(27-11-3-6-19(9-12-27)28-13-10-23-26-28)21-15-20(24-25-21)18-8-7-16-4-1-2-5-17(16)14-18/h1-2,4-5,7-8,10,13-15,19H,3,6,9,11-12H2,(H,24,25). The van der Waals surface area contributed by atoms with Crippen LogP contribution in [0.25, 0.3) is 22.0 Å². The second-order valence-corrected chi connectivity index (χ2v) is 7.49. The SMILES string of the molecule is O=C(c1cc(-c2ccc3ccccc3c2)n[nH]1)N1CCCC(n2ccnn2)CC1. The number of aromatic nitrogens is 5. The van der Waals surface area contributed by atoms with Gasteiger partial charge in [-0.25, -0.2) is 4.68 Å². The third kappa shape index (κ3) is 3.51. The predicted octanol–water partition coefficient (Wildman–Crippen LogP) is 3.69. The number of aromatic amines is 1. The van der Waals surface area contributed by atoms with Crippen LogP contribution in [0.3, 0.4) is 0 Å². The van der Waals surface area contributed by atoms with Crippen molar-refractivity contribution in [2.75, 3.05) is 13.1 Å². The van der Waals surface area contributed by atoms with Gasteiger partial charge >= 0.3 is 0 Å². The molecule has 1 atom stereocenters. The van der Waals surface area contributed by atoms with Gasteiger partial charge in [-0.3, -0.25) is 9.89 Å². The van der Waals surface area contributed by atoms with Crippen molar-refractivity contribution in [1.82, 2.24) is 30.1 Å². The Balaban J connectivity index is 1.32. The Kier molecular flexibility index (Phi) is 4.56. The lowest BCUT2D eigenvalue weighted by Gasteiger charge is -2.19. The van der Waals surface area contributed by atoms with Gasteiger partial charge < -0.3 is 4.90 Å². The smallest absolute Gasteiger partial charge is 0.271 e. The number of benzene rings is 2. The monoisotopic (exact) mass is 386 g/mol. The van der Waals surface area contributed by atoms with Gasteiger partial charge in [0.25, 0.3) is 5.91 Å². The first-order valence-electron chi connectivity index (χ1n) is 9.97. The summed E-state index contributed by atoms with van der Waals surface area (Å²) in [6.07, 6.45) is 6.42. The Labute approximate surface area is 168 Å². The number of nitrogens with one attached hydrogen (secondary N) is 1. The summed E-state index contributed by atoms with van der Waals surface area (Å²) in [5.74, 6) is 0.00350. The van der Waals surface area contributed by atoms with Crippen LogP contribution in [0.5, 0.6) is 0 Å². The second kappa shape index (κ2) is 7.50. The molecule has 4 aromatic rings. The van der Waals surface area contributed by atoms with Crippen LogP contribution in [0.1, 0.15) is 35.8 Å². The Morgan fingerprint density at radius 2 is 1.93 bits per heavy atom. The van der Waals surface area contributed by atoms with Gasteiger partial charge in [0.05, 0.1) is 17.9 Å². The number of carbonyl (C=O) groups excluding carboxylic acids is 1. The summed E-state index contributed by atoms with van der Waals surface area (Å²) in [5.41, 5.74) is 2.32. The van der Waals surface area contributed by atoms with Crippen LogP contribution in [0.4, 0.5) is 0 Å². The summed E-state index contributed by atoms with van der Waals surface area (Å²) in [4.78, 5) is 14.9. The van der Waals surface area contributed by atoms with Gasteiger partial charge in [-0.2, -0.15) is 5.10 Å². The molecular formula is C22H22N6O. The van der Waals surface area contributed by atoms with Gasteiger partial charge in [0, 0.05) is 24.8 Å². The van der Waals surface area contributed by atoms with Crippen LogP contribution in [-0.2, 0) is 0 Å². The molecule has 1 fully saturated rings. The quantitative estimate of drug-likeness (QED) is 0.582. The Bertz CT molecular complexity index is 1130. The number of fused-ring (bicyclic) bond motifs is 1.